The number of hydrogen-bond acceptors (Lipinski definition) is 5. The van der Waals surface area contributed by atoms with Gasteiger partial charge in [-0.15, -0.1) is 0 Å². The Labute approximate surface area is 196 Å². The first-order valence-electron chi connectivity index (χ1n) is 10.2. The van der Waals surface area contributed by atoms with Crippen LogP contribution >= 0.6 is 27.5 Å². The Balaban J connectivity index is 1.53. The predicted molar refractivity (Wildman–Crippen MR) is 117 cm³/mol. The largest absolute Gasteiger partial charge is 0.410 e. The van der Waals surface area contributed by atoms with Crippen molar-refractivity contribution in [2.45, 2.75) is 24.7 Å². The number of rotatable bonds is 5. The summed E-state index contributed by atoms with van der Waals surface area (Å²) in [6.45, 7) is 3.74. The van der Waals surface area contributed by atoms with Gasteiger partial charge in [0, 0.05) is 37.1 Å². The molecule has 1 amide bonds. The first kappa shape index (κ1) is 23.3. The summed E-state index contributed by atoms with van der Waals surface area (Å²) in [4.78, 5) is 14.8. The normalized spacial score (nSPS) is 21.7. The summed E-state index contributed by atoms with van der Waals surface area (Å²) in [5.74, 6) is -0.612. The maximum Gasteiger partial charge on any atom is 0.410 e. The Morgan fingerprint density at radius 2 is 1.97 bits per heavy atom. The van der Waals surface area contributed by atoms with Gasteiger partial charge in [0.05, 0.1) is 19.3 Å². The highest BCUT2D eigenvalue weighted by atomic mass is 79.9. The standard InChI is InChI=1S/C20H22BrClF3N5O2/c21-13-3-1-12(2-4-13)14-11-15(20(23,24)25)30-18(27-14)16(22)17(28-30)19(31)26-5-6-29-7-9-32-10-8-29/h1-4,14-15,27H,5-11H2,(H,26,31)/t14-,15+/m0/s1. The van der Waals surface area contributed by atoms with E-state index in [9.17, 15) is 18.0 Å². The number of hydrogen-bond donors (Lipinski definition) is 2. The average molecular weight is 537 g/mol. The maximum absolute atomic E-state index is 13.9. The third-order valence-corrected chi connectivity index (χ3v) is 6.49. The van der Waals surface area contributed by atoms with Gasteiger partial charge >= 0.3 is 6.18 Å². The molecule has 0 bridgehead atoms. The maximum atomic E-state index is 13.9. The lowest BCUT2D eigenvalue weighted by atomic mass is 9.97. The van der Waals surface area contributed by atoms with Gasteiger partial charge in [0.25, 0.3) is 5.91 Å². The summed E-state index contributed by atoms with van der Waals surface area (Å²) in [6, 6.07) is 4.48. The summed E-state index contributed by atoms with van der Waals surface area (Å²) < 4.78 is 48.5. The van der Waals surface area contributed by atoms with Crippen LogP contribution in [0, 0.1) is 0 Å². The molecule has 1 aromatic heterocycles. The number of amides is 1. The molecule has 1 aromatic carbocycles. The molecule has 174 valence electrons. The van der Waals surface area contributed by atoms with Gasteiger partial charge in [-0.25, -0.2) is 4.68 Å². The molecular weight excluding hydrogens is 515 g/mol. The first-order valence-corrected chi connectivity index (χ1v) is 11.4. The summed E-state index contributed by atoms with van der Waals surface area (Å²) in [5, 5.41) is 9.57. The number of halogens is 5. The number of ether oxygens (including phenoxy) is 1. The monoisotopic (exact) mass is 535 g/mol. The summed E-state index contributed by atoms with van der Waals surface area (Å²) in [5.41, 5.74) is 0.462. The second kappa shape index (κ2) is 9.58. The fourth-order valence-electron chi connectivity index (χ4n) is 3.88. The predicted octanol–water partition coefficient (Wildman–Crippen LogP) is 4.02. The number of anilines is 1. The van der Waals surface area contributed by atoms with E-state index in [-0.39, 0.29) is 23.0 Å². The van der Waals surface area contributed by atoms with E-state index < -0.39 is 24.2 Å². The number of benzene rings is 1. The number of nitrogens with one attached hydrogen (secondary N) is 2. The van der Waals surface area contributed by atoms with Crippen LogP contribution in [-0.2, 0) is 4.74 Å². The van der Waals surface area contributed by atoms with E-state index in [1.165, 1.54) is 0 Å². The van der Waals surface area contributed by atoms with E-state index in [2.05, 4.69) is 36.6 Å². The van der Waals surface area contributed by atoms with Crippen LogP contribution in [0.1, 0.15) is 34.6 Å². The van der Waals surface area contributed by atoms with Crippen molar-refractivity contribution in [1.29, 1.82) is 0 Å². The molecule has 1 saturated heterocycles. The molecule has 32 heavy (non-hydrogen) atoms. The zero-order chi connectivity index (χ0) is 22.9. The van der Waals surface area contributed by atoms with Gasteiger partial charge in [-0.05, 0) is 17.7 Å². The van der Waals surface area contributed by atoms with Gasteiger partial charge in [-0.2, -0.15) is 18.3 Å². The second-order valence-corrected chi connectivity index (χ2v) is 9.00. The Bertz CT molecular complexity index is 963. The SMILES string of the molecule is O=C(NCCN1CCOCC1)c1nn2c(c1Cl)N[C@H](c1ccc(Br)cc1)C[C@@H]2C(F)(F)F. The molecule has 0 radical (unpaired) electrons. The van der Waals surface area contributed by atoms with Crippen LogP contribution in [0.5, 0.6) is 0 Å². The van der Waals surface area contributed by atoms with Crippen molar-refractivity contribution in [3.05, 3.63) is 45.0 Å². The molecule has 12 heteroatoms. The molecule has 0 aliphatic carbocycles. The minimum atomic E-state index is -4.55. The highest BCUT2D eigenvalue weighted by Crippen LogP contribution is 2.46. The van der Waals surface area contributed by atoms with Crippen molar-refractivity contribution < 1.29 is 22.7 Å². The zero-order valence-corrected chi connectivity index (χ0v) is 19.3. The number of fused-ring (bicyclic) bond motifs is 1. The van der Waals surface area contributed by atoms with Crippen molar-refractivity contribution >= 4 is 39.3 Å². The van der Waals surface area contributed by atoms with Gasteiger partial charge in [0.15, 0.2) is 11.7 Å². The first-order chi connectivity index (χ1) is 15.2. The Hall–Kier alpha value is -1.82. The van der Waals surface area contributed by atoms with Crippen LogP contribution in [0.3, 0.4) is 0 Å². The van der Waals surface area contributed by atoms with Crippen molar-refractivity contribution in [2.24, 2.45) is 0 Å². The molecule has 2 atom stereocenters. The Morgan fingerprint density at radius 1 is 1.28 bits per heavy atom. The van der Waals surface area contributed by atoms with Gasteiger partial charge in [-0.1, -0.05) is 39.7 Å². The number of morpholine rings is 1. The number of nitrogens with zero attached hydrogens (tertiary/aromatic N) is 3. The third-order valence-electron chi connectivity index (χ3n) is 5.60. The zero-order valence-electron chi connectivity index (χ0n) is 17.0. The molecule has 2 aromatic rings. The highest BCUT2D eigenvalue weighted by Gasteiger charge is 2.47. The van der Waals surface area contributed by atoms with Gasteiger partial charge < -0.3 is 15.4 Å². The highest BCUT2D eigenvalue weighted by molar-refractivity contribution is 9.10. The lowest BCUT2D eigenvalue weighted by Crippen LogP contribution is -2.41. The third kappa shape index (κ3) is 5.05. The molecule has 2 aliphatic rings. The van der Waals surface area contributed by atoms with Crippen LogP contribution in [0.2, 0.25) is 5.02 Å². The number of aromatic nitrogens is 2. The topological polar surface area (TPSA) is 71.4 Å². The van der Waals surface area contributed by atoms with E-state index in [0.717, 1.165) is 22.2 Å². The minimum absolute atomic E-state index is 0.00788. The minimum Gasteiger partial charge on any atom is -0.379 e. The van der Waals surface area contributed by atoms with Crippen molar-refractivity contribution in [3.8, 4) is 0 Å². The lowest BCUT2D eigenvalue weighted by Gasteiger charge is -2.33. The molecular formula is C20H22BrClF3N5O2. The van der Waals surface area contributed by atoms with Crippen molar-refractivity contribution in [2.75, 3.05) is 44.7 Å². The fourth-order valence-corrected chi connectivity index (χ4v) is 4.41. The van der Waals surface area contributed by atoms with Crippen LogP contribution in [0.4, 0.5) is 19.0 Å². The summed E-state index contributed by atoms with van der Waals surface area (Å²) in [6.07, 6.45) is -4.82. The molecule has 0 saturated carbocycles. The van der Waals surface area contributed by atoms with Gasteiger partial charge in [-0.3, -0.25) is 9.69 Å². The summed E-state index contributed by atoms with van der Waals surface area (Å²) >= 11 is 9.68. The Morgan fingerprint density at radius 3 is 2.62 bits per heavy atom. The van der Waals surface area contributed by atoms with Crippen LogP contribution in [0.25, 0.3) is 0 Å². The van der Waals surface area contributed by atoms with Crippen LogP contribution in [-0.4, -0.2) is 66.2 Å². The smallest absolute Gasteiger partial charge is 0.379 e. The van der Waals surface area contributed by atoms with Crippen LogP contribution in [0.15, 0.2) is 28.7 Å². The fraction of sp³-hybridized carbons (Fsp3) is 0.500. The number of alkyl halides is 3. The van der Waals surface area contributed by atoms with E-state index in [1.54, 1.807) is 24.3 Å². The molecule has 0 spiro atoms. The number of carbonyl (C=O) groups is 1. The van der Waals surface area contributed by atoms with E-state index in [1.807, 2.05) is 0 Å². The van der Waals surface area contributed by atoms with Gasteiger partial charge in [0.1, 0.15) is 10.8 Å². The average Bonchev–Trinajstić information content (AvgIpc) is 3.10. The van der Waals surface area contributed by atoms with Gasteiger partial charge in [0.2, 0.25) is 0 Å². The molecule has 3 heterocycles. The van der Waals surface area contributed by atoms with E-state index in [4.69, 9.17) is 16.3 Å². The molecule has 0 unspecified atom stereocenters. The molecule has 2 aliphatic heterocycles. The molecule has 1 fully saturated rings. The van der Waals surface area contributed by atoms with E-state index >= 15 is 0 Å². The molecule has 4 rings (SSSR count). The van der Waals surface area contributed by atoms with Crippen molar-refractivity contribution in [1.82, 2.24) is 20.0 Å². The quantitative estimate of drug-likeness (QED) is 0.604. The number of carbonyl (C=O) groups excluding carboxylic acids is 1. The van der Waals surface area contributed by atoms with E-state index in [0.29, 0.717) is 31.9 Å². The summed E-state index contributed by atoms with van der Waals surface area (Å²) in [7, 11) is 0. The van der Waals surface area contributed by atoms with Crippen molar-refractivity contribution in [3.63, 3.8) is 0 Å². The Kier molecular flexibility index (Phi) is 6.99. The van der Waals surface area contributed by atoms with Crippen LogP contribution < -0.4 is 10.6 Å². The molecule has 2 N–H and O–H groups in total. The lowest BCUT2D eigenvalue weighted by molar-refractivity contribution is -0.173. The second-order valence-electron chi connectivity index (χ2n) is 7.71. The molecule has 7 nitrogen and oxygen atoms in total.